The van der Waals surface area contributed by atoms with Crippen LogP contribution in [-0.4, -0.2) is 38.4 Å². The number of carbonyl (C=O) groups is 1. The summed E-state index contributed by atoms with van der Waals surface area (Å²) in [7, 11) is -1.83. The Morgan fingerprint density at radius 1 is 1.21 bits per heavy atom. The Morgan fingerprint density at radius 3 is 2.50 bits per heavy atom. The molecule has 0 fully saturated rings. The van der Waals surface area contributed by atoms with E-state index in [4.69, 9.17) is 4.74 Å². The molecule has 1 aliphatic rings. The summed E-state index contributed by atoms with van der Waals surface area (Å²) in [5.41, 5.74) is 2.71. The van der Waals surface area contributed by atoms with Crippen LogP contribution in [0.15, 0.2) is 53.6 Å². The Kier molecular flexibility index (Phi) is 5.69. The standard InChI is InChI=1S/C20H23N3O4S/c1-4-20(24)23-19(14-9-11-15(27-2)12-10-14)13-18(21-23)16-7-5-6-8-17(16)22-28(3,25)26/h5-12,19,22H,4,13H2,1-3H3/t19-/m1/s1. The lowest BCUT2D eigenvalue weighted by Gasteiger charge is -2.21. The SMILES string of the molecule is CCC(=O)N1N=C(c2ccccc2NS(C)(=O)=O)C[C@@H]1c1ccc(OC)cc1. The first-order chi connectivity index (χ1) is 13.3. The van der Waals surface area contributed by atoms with Crippen molar-refractivity contribution in [1.29, 1.82) is 0 Å². The molecule has 28 heavy (non-hydrogen) atoms. The number of anilines is 1. The second kappa shape index (κ2) is 8.02. The normalized spacial score (nSPS) is 16.6. The zero-order chi connectivity index (χ0) is 20.3. The maximum absolute atomic E-state index is 12.5. The lowest BCUT2D eigenvalue weighted by Crippen LogP contribution is -2.26. The molecule has 0 spiro atoms. The van der Waals surface area contributed by atoms with Crippen LogP contribution in [0.1, 0.15) is 36.9 Å². The fourth-order valence-corrected chi connectivity index (χ4v) is 3.75. The van der Waals surface area contributed by atoms with Gasteiger partial charge in [0, 0.05) is 18.4 Å². The predicted octanol–water partition coefficient (Wildman–Crippen LogP) is 3.15. The second-order valence-electron chi connectivity index (χ2n) is 6.55. The Hall–Kier alpha value is -2.87. The molecular formula is C20H23N3O4S. The fourth-order valence-electron chi connectivity index (χ4n) is 3.17. The van der Waals surface area contributed by atoms with Gasteiger partial charge < -0.3 is 4.74 Å². The van der Waals surface area contributed by atoms with E-state index in [1.54, 1.807) is 32.2 Å². The molecule has 0 saturated heterocycles. The van der Waals surface area contributed by atoms with Gasteiger partial charge in [-0.05, 0) is 23.8 Å². The minimum atomic E-state index is -3.44. The van der Waals surface area contributed by atoms with Gasteiger partial charge in [-0.15, -0.1) is 0 Å². The zero-order valence-electron chi connectivity index (χ0n) is 16.0. The molecule has 0 aromatic heterocycles. The van der Waals surface area contributed by atoms with E-state index in [0.717, 1.165) is 17.6 Å². The molecule has 148 valence electrons. The number of benzene rings is 2. The van der Waals surface area contributed by atoms with E-state index < -0.39 is 10.0 Å². The predicted molar refractivity (Wildman–Crippen MR) is 109 cm³/mol. The minimum Gasteiger partial charge on any atom is -0.497 e. The Morgan fingerprint density at radius 2 is 1.89 bits per heavy atom. The van der Waals surface area contributed by atoms with Crippen molar-refractivity contribution in [2.24, 2.45) is 5.10 Å². The summed E-state index contributed by atoms with van der Waals surface area (Å²) < 4.78 is 31.1. The van der Waals surface area contributed by atoms with E-state index >= 15 is 0 Å². The number of para-hydroxylation sites is 1. The monoisotopic (exact) mass is 401 g/mol. The minimum absolute atomic E-state index is 0.0932. The number of methoxy groups -OCH3 is 1. The Labute approximate surface area is 165 Å². The molecule has 8 heteroatoms. The number of rotatable bonds is 6. The number of nitrogens with zero attached hydrogens (tertiary/aromatic N) is 2. The first-order valence-corrected chi connectivity index (χ1v) is 10.8. The molecule has 0 bridgehead atoms. The summed E-state index contributed by atoms with van der Waals surface area (Å²) in [5.74, 6) is 0.642. The summed E-state index contributed by atoms with van der Waals surface area (Å²) in [6.07, 6.45) is 1.92. The first kappa shape index (κ1) is 19.9. The summed E-state index contributed by atoms with van der Waals surface area (Å²) in [4.78, 5) is 12.5. The number of hydrogen-bond donors (Lipinski definition) is 1. The zero-order valence-corrected chi connectivity index (χ0v) is 16.9. The number of hydrazone groups is 1. The summed E-state index contributed by atoms with van der Waals surface area (Å²) in [5, 5.41) is 6.05. The van der Waals surface area contributed by atoms with Crippen LogP contribution in [0, 0.1) is 0 Å². The third-order valence-corrected chi connectivity index (χ3v) is 5.09. The van der Waals surface area contributed by atoms with Crippen LogP contribution >= 0.6 is 0 Å². The molecule has 2 aromatic carbocycles. The number of nitrogens with one attached hydrogen (secondary N) is 1. The van der Waals surface area contributed by atoms with Gasteiger partial charge in [0.25, 0.3) is 0 Å². The van der Waals surface area contributed by atoms with Crippen LogP contribution in [0.4, 0.5) is 5.69 Å². The van der Waals surface area contributed by atoms with Crippen LogP contribution in [0.25, 0.3) is 0 Å². The highest BCUT2D eigenvalue weighted by atomic mass is 32.2. The van der Waals surface area contributed by atoms with Crippen molar-refractivity contribution in [1.82, 2.24) is 5.01 Å². The lowest BCUT2D eigenvalue weighted by molar-refractivity contribution is -0.132. The van der Waals surface area contributed by atoms with Gasteiger partial charge in [0.15, 0.2) is 0 Å². The number of carbonyl (C=O) groups excluding carboxylic acids is 1. The van der Waals surface area contributed by atoms with Crippen molar-refractivity contribution >= 4 is 27.3 Å². The average Bonchev–Trinajstić information content (AvgIpc) is 3.12. The largest absolute Gasteiger partial charge is 0.497 e. The molecule has 1 heterocycles. The molecule has 1 amide bonds. The number of amides is 1. The Balaban J connectivity index is 1.98. The van der Waals surface area contributed by atoms with Crippen molar-refractivity contribution in [3.63, 3.8) is 0 Å². The van der Waals surface area contributed by atoms with Crippen molar-refractivity contribution in [3.8, 4) is 5.75 Å². The van der Waals surface area contributed by atoms with Crippen molar-refractivity contribution in [2.75, 3.05) is 18.1 Å². The maximum Gasteiger partial charge on any atom is 0.242 e. The van der Waals surface area contributed by atoms with E-state index in [2.05, 4.69) is 9.82 Å². The van der Waals surface area contributed by atoms with E-state index in [-0.39, 0.29) is 11.9 Å². The second-order valence-corrected chi connectivity index (χ2v) is 8.30. The van der Waals surface area contributed by atoms with Gasteiger partial charge in [-0.1, -0.05) is 37.3 Å². The summed E-state index contributed by atoms with van der Waals surface area (Å²) >= 11 is 0. The molecule has 2 aromatic rings. The lowest BCUT2D eigenvalue weighted by atomic mass is 9.97. The summed E-state index contributed by atoms with van der Waals surface area (Å²) in [6.45, 7) is 1.79. The highest BCUT2D eigenvalue weighted by Crippen LogP contribution is 2.35. The van der Waals surface area contributed by atoms with E-state index in [0.29, 0.717) is 29.8 Å². The van der Waals surface area contributed by atoms with Crippen LogP contribution in [0.3, 0.4) is 0 Å². The molecule has 3 rings (SSSR count). The quantitative estimate of drug-likeness (QED) is 0.805. The highest BCUT2D eigenvalue weighted by molar-refractivity contribution is 7.92. The molecule has 7 nitrogen and oxygen atoms in total. The molecule has 0 unspecified atom stereocenters. The highest BCUT2D eigenvalue weighted by Gasteiger charge is 2.33. The van der Waals surface area contributed by atoms with Crippen molar-refractivity contribution in [3.05, 3.63) is 59.7 Å². The number of sulfonamides is 1. The van der Waals surface area contributed by atoms with Crippen LogP contribution in [0.5, 0.6) is 5.75 Å². The van der Waals surface area contributed by atoms with Crippen LogP contribution < -0.4 is 9.46 Å². The van der Waals surface area contributed by atoms with Gasteiger partial charge in [-0.2, -0.15) is 5.10 Å². The third kappa shape index (κ3) is 4.33. The topological polar surface area (TPSA) is 88.1 Å². The molecule has 0 aliphatic carbocycles. The van der Waals surface area contributed by atoms with Gasteiger partial charge >= 0.3 is 0 Å². The summed E-state index contributed by atoms with van der Waals surface area (Å²) in [6, 6.07) is 14.3. The van der Waals surface area contributed by atoms with Crippen molar-refractivity contribution in [2.45, 2.75) is 25.8 Å². The molecule has 1 N–H and O–H groups in total. The van der Waals surface area contributed by atoms with Crippen LogP contribution in [0.2, 0.25) is 0 Å². The third-order valence-electron chi connectivity index (χ3n) is 4.50. The van der Waals surface area contributed by atoms with Crippen molar-refractivity contribution < 1.29 is 17.9 Å². The Bertz CT molecular complexity index is 1000. The molecule has 1 aliphatic heterocycles. The number of ether oxygens (including phenoxy) is 1. The van der Waals surface area contributed by atoms with Gasteiger partial charge in [-0.25, -0.2) is 13.4 Å². The fraction of sp³-hybridized carbons (Fsp3) is 0.300. The molecular weight excluding hydrogens is 378 g/mol. The maximum atomic E-state index is 12.5. The van der Waals surface area contributed by atoms with E-state index in [1.807, 2.05) is 30.3 Å². The van der Waals surface area contributed by atoms with Gasteiger partial charge in [0.1, 0.15) is 5.75 Å². The molecule has 0 saturated carbocycles. The van der Waals surface area contributed by atoms with E-state index in [1.165, 1.54) is 5.01 Å². The molecule has 1 atom stereocenters. The van der Waals surface area contributed by atoms with E-state index in [9.17, 15) is 13.2 Å². The average molecular weight is 401 g/mol. The number of hydrogen-bond acceptors (Lipinski definition) is 5. The molecule has 0 radical (unpaired) electrons. The van der Waals surface area contributed by atoms with Gasteiger partial charge in [-0.3, -0.25) is 9.52 Å². The smallest absolute Gasteiger partial charge is 0.242 e. The first-order valence-electron chi connectivity index (χ1n) is 8.93. The van der Waals surface area contributed by atoms with Gasteiger partial charge in [0.2, 0.25) is 15.9 Å². The van der Waals surface area contributed by atoms with Gasteiger partial charge in [0.05, 0.1) is 30.8 Å². The van der Waals surface area contributed by atoms with Crippen LogP contribution in [-0.2, 0) is 14.8 Å².